The number of rotatable bonds is 5. The normalized spacial score (nSPS) is 17.2. The fourth-order valence-electron chi connectivity index (χ4n) is 2.05. The summed E-state index contributed by atoms with van der Waals surface area (Å²) in [4.78, 5) is 36.2. The van der Waals surface area contributed by atoms with Gasteiger partial charge < -0.3 is 20.1 Å². The molecule has 0 radical (unpaired) electrons. The van der Waals surface area contributed by atoms with Gasteiger partial charge in [0.2, 0.25) is 0 Å². The minimum absolute atomic E-state index is 0.202. The monoisotopic (exact) mass is 480 g/mol. The van der Waals surface area contributed by atoms with E-state index in [0.717, 1.165) is 8.26 Å². The zero-order valence-corrected chi connectivity index (χ0v) is 16.8. The predicted octanol–water partition coefficient (Wildman–Crippen LogP) is 2.95. The van der Waals surface area contributed by atoms with Crippen molar-refractivity contribution in [2.24, 2.45) is 0 Å². The summed E-state index contributed by atoms with van der Waals surface area (Å²) in [5.74, 6) is -1.12. The van der Waals surface area contributed by atoms with E-state index < -0.39 is 24.0 Å². The summed E-state index contributed by atoms with van der Waals surface area (Å²) in [7, 11) is 0. The molecule has 0 unspecified atom stereocenters. The molecule has 1 aromatic heterocycles. The molecule has 2 N–H and O–H groups in total. The second-order valence-corrected chi connectivity index (χ2v) is 7.97. The number of ether oxygens (including phenoxy) is 2. The number of urea groups is 1. The number of amides is 2. The third-order valence-electron chi connectivity index (χ3n) is 3.06. The lowest BCUT2D eigenvalue weighted by Crippen LogP contribution is -2.50. The van der Waals surface area contributed by atoms with Gasteiger partial charge in [-0.3, -0.25) is 0 Å². The Morgan fingerprint density at radius 1 is 1.29 bits per heavy atom. The lowest BCUT2D eigenvalue weighted by molar-refractivity contribution is -0.139. The lowest BCUT2D eigenvalue weighted by atomic mass is 10.0. The van der Waals surface area contributed by atoms with Crippen LogP contribution in [0.4, 0.5) is 4.79 Å². The van der Waals surface area contributed by atoms with Gasteiger partial charge in [0.1, 0.15) is 11.5 Å². The van der Waals surface area contributed by atoms with Crippen LogP contribution in [0.25, 0.3) is 0 Å². The standard InChI is InChI=1S/C14H14Br2N2O5S/c1-3-22-13(20)10-6(2)17-14(21)18-8(10)5-23-12(19)9-4-7(15)11(16)24-9/h4,6H,3,5H2,1-2H3,(H2,17,18,21)/t6-/m0/s1. The van der Waals surface area contributed by atoms with E-state index >= 15 is 0 Å². The van der Waals surface area contributed by atoms with Crippen molar-refractivity contribution in [3.63, 3.8) is 0 Å². The fourth-order valence-corrected chi connectivity index (χ4v) is 3.98. The smallest absolute Gasteiger partial charge is 0.348 e. The van der Waals surface area contributed by atoms with Crippen molar-refractivity contribution in [3.05, 3.63) is 30.5 Å². The molecule has 2 rings (SSSR count). The average molecular weight is 482 g/mol. The van der Waals surface area contributed by atoms with Crippen LogP contribution in [0.15, 0.2) is 25.6 Å². The Morgan fingerprint density at radius 2 is 2.00 bits per heavy atom. The molecular weight excluding hydrogens is 468 g/mol. The van der Waals surface area contributed by atoms with Gasteiger partial charge in [-0.25, -0.2) is 14.4 Å². The van der Waals surface area contributed by atoms with Crippen LogP contribution < -0.4 is 10.6 Å². The summed E-state index contributed by atoms with van der Waals surface area (Å²) >= 11 is 7.81. The van der Waals surface area contributed by atoms with E-state index in [0.29, 0.717) is 4.88 Å². The summed E-state index contributed by atoms with van der Waals surface area (Å²) in [6, 6.07) is 0.612. The largest absolute Gasteiger partial charge is 0.463 e. The molecule has 1 aliphatic heterocycles. The van der Waals surface area contributed by atoms with E-state index in [4.69, 9.17) is 9.47 Å². The highest BCUT2D eigenvalue weighted by molar-refractivity contribution is 9.13. The first-order valence-corrected chi connectivity index (χ1v) is 9.33. The molecular formula is C14H14Br2N2O5S. The minimum atomic E-state index is -0.565. The molecule has 0 aromatic carbocycles. The van der Waals surface area contributed by atoms with Crippen LogP contribution in [0.3, 0.4) is 0 Å². The summed E-state index contributed by atoms with van der Waals surface area (Å²) in [5.41, 5.74) is 0.450. The molecule has 0 fully saturated rings. The van der Waals surface area contributed by atoms with Gasteiger partial charge in [-0.2, -0.15) is 0 Å². The number of hydrogen-bond donors (Lipinski definition) is 2. The Bertz CT molecular complexity index is 697. The molecule has 2 amide bonds. The van der Waals surface area contributed by atoms with E-state index in [2.05, 4.69) is 42.5 Å². The first-order chi connectivity index (χ1) is 11.3. The van der Waals surface area contributed by atoms with Crippen molar-refractivity contribution in [1.29, 1.82) is 0 Å². The van der Waals surface area contributed by atoms with Gasteiger partial charge in [0.15, 0.2) is 0 Å². The second kappa shape index (κ2) is 8.13. The topological polar surface area (TPSA) is 93.7 Å². The summed E-state index contributed by atoms with van der Waals surface area (Å²) < 4.78 is 11.7. The molecule has 1 atom stereocenters. The zero-order chi connectivity index (χ0) is 17.9. The molecule has 0 saturated carbocycles. The van der Waals surface area contributed by atoms with Gasteiger partial charge in [-0.15, -0.1) is 11.3 Å². The van der Waals surface area contributed by atoms with E-state index in [1.807, 2.05) is 0 Å². The van der Waals surface area contributed by atoms with Gasteiger partial charge in [-0.1, -0.05) is 0 Å². The van der Waals surface area contributed by atoms with Crippen molar-refractivity contribution in [1.82, 2.24) is 10.6 Å². The number of esters is 2. The highest BCUT2D eigenvalue weighted by Crippen LogP contribution is 2.32. The number of halogens is 2. The quantitative estimate of drug-likeness (QED) is 0.630. The molecule has 7 nitrogen and oxygen atoms in total. The molecule has 0 aliphatic carbocycles. The number of carbonyl (C=O) groups is 3. The molecule has 1 aliphatic rings. The van der Waals surface area contributed by atoms with Gasteiger partial charge >= 0.3 is 18.0 Å². The van der Waals surface area contributed by atoms with Crippen molar-refractivity contribution >= 4 is 61.2 Å². The van der Waals surface area contributed by atoms with E-state index in [1.54, 1.807) is 19.9 Å². The predicted molar refractivity (Wildman–Crippen MR) is 94.8 cm³/mol. The highest BCUT2D eigenvalue weighted by Gasteiger charge is 2.30. The fraction of sp³-hybridized carbons (Fsp3) is 0.357. The zero-order valence-electron chi connectivity index (χ0n) is 12.8. The molecule has 2 heterocycles. The maximum Gasteiger partial charge on any atom is 0.348 e. The SMILES string of the molecule is CCOC(=O)C1=C(COC(=O)c2cc(Br)c(Br)s2)NC(=O)N[C@H]1C. The molecule has 1 aromatic rings. The van der Waals surface area contributed by atoms with Crippen LogP contribution in [0.5, 0.6) is 0 Å². The van der Waals surface area contributed by atoms with Gasteiger partial charge in [0.05, 0.1) is 27.7 Å². The van der Waals surface area contributed by atoms with Gasteiger partial charge in [-0.05, 0) is 51.8 Å². The van der Waals surface area contributed by atoms with E-state index in [9.17, 15) is 14.4 Å². The number of nitrogens with one attached hydrogen (secondary N) is 2. The number of carbonyl (C=O) groups excluding carboxylic acids is 3. The molecule has 0 bridgehead atoms. The van der Waals surface area contributed by atoms with Crippen molar-refractivity contribution in [2.75, 3.05) is 13.2 Å². The van der Waals surface area contributed by atoms with Crippen LogP contribution in [-0.4, -0.2) is 37.2 Å². The average Bonchev–Trinajstić information content (AvgIpc) is 2.84. The number of thiophene rings is 1. The Kier molecular flexibility index (Phi) is 6.41. The Labute approximate surface area is 159 Å². The summed E-state index contributed by atoms with van der Waals surface area (Å²) in [6.07, 6.45) is 0. The Hall–Kier alpha value is -1.39. The highest BCUT2D eigenvalue weighted by atomic mass is 79.9. The number of hydrogen-bond acceptors (Lipinski definition) is 6. The minimum Gasteiger partial charge on any atom is -0.463 e. The molecule has 0 saturated heterocycles. The first kappa shape index (κ1) is 18.9. The van der Waals surface area contributed by atoms with Crippen molar-refractivity contribution < 1.29 is 23.9 Å². The Morgan fingerprint density at radius 3 is 2.58 bits per heavy atom. The third kappa shape index (κ3) is 4.37. The molecule has 24 heavy (non-hydrogen) atoms. The van der Waals surface area contributed by atoms with Crippen LogP contribution in [-0.2, 0) is 14.3 Å². The summed E-state index contributed by atoms with van der Waals surface area (Å²) in [6.45, 7) is 3.30. The Balaban J connectivity index is 2.16. The lowest BCUT2D eigenvalue weighted by Gasteiger charge is -2.26. The van der Waals surface area contributed by atoms with E-state index in [1.165, 1.54) is 11.3 Å². The van der Waals surface area contributed by atoms with Crippen LogP contribution >= 0.6 is 43.2 Å². The second-order valence-electron chi connectivity index (χ2n) is 4.74. The first-order valence-electron chi connectivity index (χ1n) is 6.93. The molecule has 130 valence electrons. The third-order valence-corrected chi connectivity index (χ3v) is 6.30. The van der Waals surface area contributed by atoms with Gasteiger partial charge in [0, 0.05) is 4.47 Å². The molecule has 0 spiro atoms. The van der Waals surface area contributed by atoms with Crippen molar-refractivity contribution in [2.45, 2.75) is 19.9 Å². The van der Waals surface area contributed by atoms with Gasteiger partial charge in [0.25, 0.3) is 0 Å². The van der Waals surface area contributed by atoms with Crippen molar-refractivity contribution in [3.8, 4) is 0 Å². The maximum atomic E-state index is 12.1. The van der Waals surface area contributed by atoms with Crippen LogP contribution in [0.2, 0.25) is 0 Å². The van der Waals surface area contributed by atoms with E-state index in [-0.39, 0.29) is 24.5 Å². The van der Waals surface area contributed by atoms with Crippen LogP contribution in [0.1, 0.15) is 23.5 Å². The van der Waals surface area contributed by atoms with Crippen LogP contribution in [0, 0.1) is 0 Å². The molecule has 10 heteroatoms. The maximum absolute atomic E-state index is 12.1. The summed E-state index contributed by atoms with van der Waals surface area (Å²) in [5, 5.41) is 5.07.